The average molecular weight is 305 g/mol. The Kier molecular flexibility index (Phi) is 5.10. The summed E-state index contributed by atoms with van der Waals surface area (Å²) in [6, 6.07) is 14.4. The molecule has 0 aliphatic rings. The van der Waals surface area contributed by atoms with Crippen molar-refractivity contribution in [1.82, 2.24) is 5.32 Å². The summed E-state index contributed by atoms with van der Waals surface area (Å²) in [5.74, 6) is 0.693. The van der Waals surface area contributed by atoms with Gasteiger partial charge < -0.3 is 15.0 Å². The third-order valence-electron chi connectivity index (χ3n) is 3.52. The minimum Gasteiger partial charge on any atom is -0.495 e. The molecular weight excluding hydrogens is 284 g/mol. The fourth-order valence-electron chi connectivity index (χ4n) is 2.36. The summed E-state index contributed by atoms with van der Waals surface area (Å²) >= 11 is 6.10. The van der Waals surface area contributed by atoms with Crippen molar-refractivity contribution in [1.29, 1.82) is 0 Å². The minimum absolute atomic E-state index is 0.0936. The zero-order valence-corrected chi connectivity index (χ0v) is 13.6. The lowest BCUT2D eigenvalue weighted by Gasteiger charge is -2.21. The number of nitrogens with one attached hydrogen (secondary N) is 1. The lowest BCUT2D eigenvalue weighted by Crippen LogP contribution is -2.18. The van der Waals surface area contributed by atoms with E-state index >= 15 is 0 Å². The molecule has 0 fully saturated rings. The first-order valence-corrected chi connectivity index (χ1v) is 7.22. The van der Waals surface area contributed by atoms with Crippen LogP contribution in [0.2, 0.25) is 5.02 Å². The second-order valence-electron chi connectivity index (χ2n) is 5.11. The van der Waals surface area contributed by atoms with E-state index in [4.69, 9.17) is 16.3 Å². The van der Waals surface area contributed by atoms with E-state index in [1.54, 1.807) is 7.11 Å². The summed E-state index contributed by atoms with van der Waals surface area (Å²) in [4.78, 5) is 2.10. The molecular formula is C17H21ClN2O. The van der Waals surface area contributed by atoms with Gasteiger partial charge in [-0.05, 0) is 42.4 Å². The van der Waals surface area contributed by atoms with Crippen LogP contribution in [0, 0.1) is 0 Å². The van der Waals surface area contributed by atoms with E-state index in [1.165, 1.54) is 11.3 Å². The zero-order chi connectivity index (χ0) is 15.4. The van der Waals surface area contributed by atoms with Gasteiger partial charge in [0.1, 0.15) is 5.75 Å². The summed E-state index contributed by atoms with van der Waals surface area (Å²) in [5.41, 5.74) is 3.50. The van der Waals surface area contributed by atoms with Crippen LogP contribution in [0.1, 0.15) is 17.2 Å². The number of halogens is 1. The second kappa shape index (κ2) is 6.83. The normalized spacial score (nSPS) is 12.0. The molecule has 112 valence electrons. The molecule has 0 saturated heterocycles. The van der Waals surface area contributed by atoms with Crippen LogP contribution < -0.4 is 15.0 Å². The van der Waals surface area contributed by atoms with Gasteiger partial charge in [0.05, 0.1) is 18.2 Å². The highest BCUT2D eigenvalue weighted by atomic mass is 35.5. The molecule has 21 heavy (non-hydrogen) atoms. The molecule has 0 heterocycles. The van der Waals surface area contributed by atoms with E-state index in [-0.39, 0.29) is 6.04 Å². The quantitative estimate of drug-likeness (QED) is 0.911. The van der Waals surface area contributed by atoms with Crippen LogP contribution >= 0.6 is 11.6 Å². The maximum atomic E-state index is 6.10. The maximum Gasteiger partial charge on any atom is 0.137 e. The van der Waals surface area contributed by atoms with E-state index in [0.29, 0.717) is 10.8 Å². The Balaban J connectivity index is 2.42. The molecule has 0 aromatic heterocycles. The van der Waals surface area contributed by atoms with Crippen molar-refractivity contribution < 1.29 is 4.74 Å². The number of anilines is 1. The molecule has 0 aliphatic carbocycles. The Bertz CT molecular complexity index is 613. The van der Waals surface area contributed by atoms with Gasteiger partial charge >= 0.3 is 0 Å². The predicted octanol–water partition coefficient (Wildman–Crippen LogP) is 3.72. The molecule has 0 spiro atoms. The fourth-order valence-corrected chi connectivity index (χ4v) is 2.56. The summed E-state index contributed by atoms with van der Waals surface area (Å²) in [6.45, 7) is 0. The van der Waals surface area contributed by atoms with E-state index in [2.05, 4.69) is 34.5 Å². The van der Waals surface area contributed by atoms with Gasteiger partial charge in [0.2, 0.25) is 0 Å². The first kappa shape index (κ1) is 15.7. The Morgan fingerprint density at radius 3 is 2.43 bits per heavy atom. The van der Waals surface area contributed by atoms with Crippen LogP contribution in [0.3, 0.4) is 0 Å². The number of hydrogen-bond donors (Lipinski definition) is 1. The van der Waals surface area contributed by atoms with Crippen LogP contribution in [0.4, 0.5) is 5.69 Å². The van der Waals surface area contributed by atoms with Gasteiger partial charge in [-0.3, -0.25) is 0 Å². The Hall–Kier alpha value is -1.71. The lowest BCUT2D eigenvalue weighted by molar-refractivity contribution is 0.414. The maximum absolute atomic E-state index is 6.10. The Morgan fingerprint density at radius 2 is 1.81 bits per heavy atom. The van der Waals surface area contributed by atoms with E-state index in [9.17, 15) is 0 Å². The minimum atomic E-state index is 0.0936. The van der Waals surface area contributed by atoms with E-state index in [0.717, 1.165) is 5.56 Å². The number of hydrogen-bond acceptors (Lipinski definition) is 3. The summed E-state index contributed by atoms with van der Waals surface area (Å²) in [6.07, 6.45) is 0. The third kappa shape index (κ3) is 3.49. The largest absolute Gasteiger partial charge is 0.495 e. The molecule has 0 aliphatic heterocycles. The van der Waals surface area contributed by atoms with E-state index < -0.39 is 0 Å². The van der Waals surface area contributed by atoms with Crippen LogP contribution in [-0.2, 0) is 0 Å². The van der Waals surface area contributed by atoms with Crippen molar-refractivity contribution in [2.24, 2.45) is 0 Å². The predicted molar refractivity (Wildman–Crippen MR) is 89.7 cm³/mol. The molecule has 3 nitrogen and oxygen atoms in total. The molecule has 2 aromatic rings. The Labute approximate surface area is 131 Å². The van der Waals surface area contributed by atoms with Gasteiger partial charge in [0.25, 0.3) is 0 Å². The van der Waals surface area contributed by atoms with Gasteiger partial charge in [-0.1, -0.05) is 29.8 Å². The number of methoxy groups -OCH3 is 1. The molecule has 1 N–H and O–H groups in total. The van der Waals surface area contributed by atoms with Crippen molar-refractivity contribution in [3.8, 4) is 5.75 Å². The highest BCUT2D eigenvalue weighted by Crippen LogP contribution is 2.31. The molecule has 1 atom stereocenters. The molecule has 0 bridgehead atoms. The number of rotatable bonds is 5. The molecule has 1 unspecified atom stereocenters. The lowest BCUT2D eigenvalue weighted by atomic mass is 9.98. The third-order valence-corrected chi connectivity index (χ3v) is 3.83. The summed E-state index contributed by atoms with van der Waals surface area (Å²) < 4.78 is 5.31. The van der Waals surface area contributed by atoms with Crippen LogP contribution in [0.25, 0.3) is 0 Å². The van der Waals surface area contributed by atoms with Gasteiger partial charge in [0, 0.05) is 19.8 Å². The number of ether oxygens (including phenoxy) is 1. The standard InChI is InChI=1S/C17H21ClN2O/c1-19-17(12-6-5-7-14(10-12)20(2)3)13-8-9-15(18)16(11-13)21-4/h5-11,17,19H,1-4H3. The first-order chi connectivity index (χ1) is 10.1. The van der Waals surface area contributed by atoms with Crippen molar-refractivity contribution in [3.05, 3.63) is 58.6 Å². The topological polar surface area (TPSA) is 24.5 Å². The van der Waals surface area contributed by atoms with Gasteiger partial charge in [-0.15, -0.1) is 0 Å². The summed E-state index contributed by atoms with van der Waals surface area (Å²) in [5, 5.41) is 3.98. The van der Waals surface area contributed by atoms with Crippen molar-refractivity contribution >= 4 is 17.3 Å². The Morgan fingerprint density at radius 1 is 1.10 bits per heavy atom. The van der Waals surface area contributed by atoms with Crippen molar-refractivity contribution in [3.63, 3.8) is 0 Å². The summed E-state index contributed by atoms with van der Waals surface area (Å²) in [7, 11) is 7.66. The van der Waals surface area contributed by atoms with Gasteiger partial charge in [-0.2, -0.15) is 0 Å². The van der Waals surface area contributed by atoms with Crippen LogP contribution in [0.5, 0.6) is 5.75 Å². The first-order valence-electron chi connectivity index (χ1n) is 6.84. The average Bonchev–Trinajstić information content (AvgIpc) is 2.50. The molecule has 2 rings (SSSR count). The molecule has 0 radical (unpaired) electrons. The second-order valence-corrected chi connectivity index (χ2v) is 5.51. The number of nitrogens with zero attached hydrogens (tertiary/aromatic N) is 1. The highest BCUT2D eigenvalue weighted by Gasteiger charge is 2.14. The SMILES string of the molecule is CNC(c1cccc(N(C)C)c1)c1ccc(Cl)c(OC)c1. The smallest absolute Gasteiger partial charge is 0.137 e. The highest BCUT2D eigenvalue weighted by molar-refractivity contribution is 6.32. The van der Waals surface area contributed by atoms with Gasteiger partial charge in [0.15, 0.2) is 0 Å². The molecule has 0 saturated carbocycles. The molecule has 0 amide bonds. The molecule has 2 aromatic carbocycles. The monoisotopic (exact) mass is 304 g/mol. The fraction of sp³-hybridized carbons (Fsp3) is 0.294. The van der Waals surface area contributed by atoms with Crippen molar-refractivity contribution in [2.45, 2.75) is 6.04 Å². The zero-order valence-electron chi connectivity index (χ0n) is 12.9. The van der Waals surface area contributed by atoms with Crippen molar-refractivity contribution in [2.75, 3.05) is 33.2 Å². The molecule has 4 heteroatoms. The van der Waals surface area contributed by atoms with Gasteiger partial charge in [-0.25, -0.2) is 0 Å². The van der Waals surface area contributed by atoms with Crippen LogP contribution in [0.15, 0.2) is 42.5 Å². The number of benzene rings is 2. The van der Waals surface area contributed by atoms with Crippen LogP contribution in [-0.4, -0.2) is 28.3 Å². The van der Waals surface area contributed by atoms with E-state index in [1.807, 2.05) is 39.3 Å².